The molecule has 1 aromatic heterocycles. The maximum Gasteiger partial charge on any atom is 0.243 e. The molecule has 9 heteroatoms. The quantitative estimate of drug-likeness (QED) is 0.741. The smallest absolute Gasteiger partial charge is 0.243 e. The van der Waals surface area contributed by atoms with Gasteiger partial charge in [-0.15, -0.1) is 0 Å². The van der Waals surface area contributed by atoms with Crippen LogP contribution in [-0.4, -0.2) is 63.3 Å². The van der Waals surface area contributed by atoms with Crippen molar-refractivity contribution in [2.24, 2.45) is 0 Å². The topological polar surface area (TPSA) is 89.0 Å². The second kappa shape index (κ2) is 8.36. The molecule has 2 heterocycles. The number of pyridine rings is 1. The number of benzene rings is 1. The number of para-hydroxylation sites is 1. The lowest BCUT2D eigenvalue weighted by atomic mass is 10.3. The van der Waals surface area contributed by atoms with Crippen LogP contribution in [-0.2, 0) is 19.6 Å². The minimum Gasteiger partial charge on any atom is -0.439 e. The molecule has 0 N–H and O–H groups in total. The van der Waals surface area contributed by atoms with Crippen LogP contribution in [0.1, 0.15) is 0 Å². The Morgan fingerprint density at radius 1 is 1.19 bits per heavy atom. The predicted molar refractivity (Wildman–Crippen MR) is 100 cm³/mol. The van der Waals surface area contributed by atoms with Gasteiger partial charge < -0.3 is 14.4 Å². The highest BCUT2D eigenvalue weighted by Gasteiger charge is 2.25. The van der Waals surface area contributed by atoms with Crippen molar-refractivity contribution in [2.75, 3.05) is 43.4 Å². The summed E-state index contributed by atoms with van der Waals surface area (Å²) in [7, 11) is -3.65. The molecule has 0 unspecified atom stereocenters. The highest BCUT2D eigenvalue weighted by atomic mass is 32.2. The number of carbonyl (C=O) groups excluding carboxylic acids is 1. The van der Waals surface area contributed by atoms with Crippen LogP contribution >= 0.6 is 0 Å². The van der Waals surface area contributed by atoms with Gasteiger partial charge in [-0.05, 0) is 18.2 Å². The SMILES string of the molecule is CS(=O)(=O)N(CC(=O)N1CCOCC1)c1ccc(Oc2ccccc2)nc1. The number of hydrogen-bond acceptors (Lipinski definition) is 6. The molecule has 0 saturated carbocycles. The summed E-state index contributed by atoms with van der Waals surface area (Å²) in [6, 6.07) is 12.3. The zero-order valence-electron chi connectivity index (χ0n) is 14.9. The third kappa shape index (κ3) is 5.18. The van der Waals surface area contributed by atoms with E-state index in [4.69, 9.17) is 9.47 Å². The molecular formula is C18H21N3O5S. The monoisotopic (exact) mass is 391 g/mol. The van der Waals surface area contributed by atoms with Crippen molar-refractivity contribution in [3.05, 3.63) is 48.7 Å². The summed E-state index contributed by atoms with van der Waals surface area (Å²) in [5.41, 5.74) is 0.305. The number of amides is 1. The summed E-state index contributed by atoms with van der Waals surface area (Å²) in [5.74, 6) is 0.687. The van der Waals surface area contributed by atoms with Gasteiger partial charge in [0.2, 0.25) is 21.8 Å². The highest BCUT2D eigenvalue weighted by molar-refractivity contribution is 7.92. The van der Waals surface area contributed by atoms with Gasteiger partial charge in [0.05, 0.1) is 31.4 Å². The van der Waals surface area contributed by atoms with E-state index in [1.807, 2.05) is 18.2 Å². The average molecular weight is 391 g/mol. The maximum atomic E-state index is 12.5. The molecule has 1 aliphatic heterocycles. The summed E-state index contributed by atoms with van der Waals surface area (Å²) < 4.78 is 36.3. The number of nitrogens with zero attached hydrogens (tertiary/aromatic N) is 3. The third-order valence-corrected chi connectivity index (χ3v) is 5.16. The second-order valence-electron chi connectivity index (χ2n) is 6.03. The van der Waals surface area contributed by atoms with E-state index in [2.05, 4.69) is 4.98 Å². The predicted octanol–water partition coefficient (Wildman–Crippen LogP) is 1.50. The Morgan fingerprint density at radius 3 is 2.48 bits per heavy atom. The lowest BCUT2D eigenvalue weighted by Gasteiger charge is -2.29. The van der Waals surface area contributed by atoms with Crippen LogP contribution in [0.4, 0.5) is 5.69 Å². The Kier molecular flexibility index (Phi) is 5.92. The van der Waals surface area contributed by atoms with Gasteiger partial charge in [-0.3, -0.25) is 9.10 Å². The Bertz CT molecular complexity index is 866. The Morgan fingerprint density at radius 2 is 1.89 bits per heavy atom. The molecule has 8 nitrogen and oxygen atoms in total. The highest BCUT2D eigenvalue weighted by Crippen LogP contribution is 2.23. The molecule has 1 amide bonds. The first-order chi connectivity index (χ1) is 12.9. The number of carbonyl (C=O) groups is 1. The van der Waals surface area contributed by atoms with E-state index in [1.165, 1.54) is 6.20 Å². The van der Waals surface area contributed by atoms with Crippen molar-refractivity contribution in [1.29, 1.82) is 0 Å². The molecule has 144 valence electrons. The molecule has 1 aromatic carbocycles. The lowest BCUT2D eigenvalue weighted by Crippen LogP contribution is -2.47. The van der Waals surface area contributed by atoms with E-state index < -0.39 is 10.0 Å². The average Bonchev–Trinajstić information content (AvgIpc) is 2.67. The minimum atomic E-state index is -3.65. The first-order valence-electron chi connectivity index (χ1n) is 8.46. The van der Waals surface area contributed by atoms with Gasteiger partial charge in [0.15, 0.2) is 0 Å². The van der Waals surface area contributed by atoms with E-state index in [1.54, 1.807) is 29.2 Å². The normalized spacial score (nSPS) is 14.6. The minimum absolute atomic E-state index is 0.270. The van der Waals surface area contributed by atoms with E-state index in [-0.39, 0.29) is 12.5 Å². The van der Waals surface area contributed by atoms with Crippen LogP contribution in [0.15, 0.2) is 48.7 Å². The Labute approximate surface area is 158 Å². The zero-order valence-corrected chi connectivity index (χ0v) is 15.8. The van der Waals surface area contributed by atoms with E-state index in [0.29, 0.717) is 43.6 Å². The van der Waals surface area contributed by atoms with Gasteiger partial charge in [-0.1, -0.05) is 18.2 Å². The van der Waals surface area contributed by atoms with Crippen LogP contribution in [0, 0.1) is 0 Å². The molecule has 0 spiro atoms. The van der Waals surface area contributed by atoms with Crippen LogP contribution in [0.5, 0.6) is 11.6 Å². The van der Waals surface area contributed by atoms with Crippen molar-refractivity contribution in [1.82, 2.24) is 9.88 Å². The number of rotatable bonds is 6. The molecule has 3 rings (SSSR count). The van der Waals surface area contributed by atoms with Crippen molar-refractivity contribution in [2.45, 2.75) is 0 Å². The molecule has 0 radical (unpaired) electrons. The number of aromatic nitrogens is 1. The number of hydrogen-bond donors (Lipinski definition) is 0. The molecule has 1 aliphatic rings. The number of ether oxygens (including phenoxy) is 2. The van der Waals surface area contributed by atoms with E-state index in [9.17, 15) is 13.2 Å². The first-order valence-corrected chi connectivity index (χ1v) is 10.3. The van der Waals surface area contributed by atoms with Crippen molar-refractivity contribution < 1.29 is 22.7 Å². The van der Waals surface area contributed by atoms with Crippen molar-refractivity contribution in [3.63, 3.8) is 0 Å². The summed E-state index contributed by atoms with van der Waals surface area (Å²) >= 11 is 0. The molecule has 1 saturated heterocycles. The molecule has 0 atom stereocenters. The molecule has 1 fully saturated rings. The summed E-state index contributed by atoms with van der Waals surface area (Å²) in [4.78, 5) is 18.2. The Hall–Kier alpha value is -2.65. The van der Waals surface area contributed by atoms with Gasteiger partial charge in [0.1, 0.15) is 12.3 Å². The van der Waals surface area contributed by atoms with Crippen LogP contribution in [0.3, 0.4) is 0 Å². The third-order valence-electron chi connectivity index (χ3n) is 4.02. The number of anilines is 1. The summed E-state index contributed by atoms with van der Waals surface area (Å²) in [6.07, 6.45) is 2.44. The molecule has 27 heavy (non-hydrogen) atoms. The van der Waals surface area contributed by atoms with Gasteiger partial charge >= 0.3 is 0 Å². The molecule has 2 aromatic rings. The van der Waals surface area contributed by atoms with E-state index >= 15 is 0 Å². The van der Waals surface area contributed by atoms with Gasteiger partial charge in [0, 0.05) is 19.2 Å². The van der Waals surface area contributed by atoms with Crippen LogP contribution < -0.4 is 9.04 Å². The van der Waals surface area contributed by atoms with Gasteiger partial charge in [-0.25, -0.2) is 13.4 Å². The molecular weight excluding hydrogens is 370 g/mol. The van der Waals surface area contributed by atoms with Crippen molar-refractivity contribution in [3.8, 4) is 11.6 Å². The fourth-order valence-electron chi connectivity index (χ4n) is 2.63. The number of morpholine rings is 1. The zero-order chi connectivity index (χ0) is 19.3. The second-order valence-corrected chi connectivity index (χ2v) is 7.94. The fraction of sp³-hybridized carbons (Fsp3) is 0.333. The summed E-state index contributed by atoms with van der Waals surface area (Å²) in [6.45, 7) is 1.55. The van der Waals surface area contributed by atoms with Crippen molar-refractivity contribution >= 4 is 21.6 Å². The van der Waals surface area contributed by atoms with Crippen LogP contribution in [0.2, 0.25) is 0 Å². The van der Waals surface area contributed by atoms with Gasteiger partial charge in [0.25, 0.3) is 0 Å². The molecule has 0 aliphatic carbocycles. The largest absolute Gasteiger partial charge is 0.439 e. The number of sulfonamides is 1. The first kappa shape index (κ1) is 19.1. The fourth-order valence-corrected chi connectivity index (χ4v) is 3.46. The summed E-state index contributed by atoms with van der Waals surface area (Å²) in [5, 5.41) is 0. The maximum absolute atomic E-state index is 12.5. The van der Waals surface area contributed by atoms with E-state index in [0.717, 1.165) is 10.6 Å². The Balaban J connectivity index is 1.74. The molecule has 0 bridgehead atoms. The van der Waals surface area contributed by atoms with Gasteiger partial charge in [-0.2, -0.15) is 0 Å². The standard InChI is InChI=1S/C18H21N3O5S/c1-27(23,24)21(14-18(22)20-9-11-25-12-10-20)15-7-8-17(19-13-15)26-16-5-3-2-4-6-16/h2-8,13H,9-12,14H2,1H3. The lowest BCUT2D eigenvalue weighted by molar-refractivity contribution is -0.133. The van der Waals surface area contributed by atoms with Crippen LogP contribution in [0.25, 0.3) is 0 Å².